The Balaban J connectivity index is 1.94. The van der Waals surface area contributed by atoms with Gasteiger partial charge >= 0.3 is 5.97 Å². The van der Waals surface area contributed by atoms with Crippen LogP contribution in [0.4, 0.5) is 0 Å². The van der Waals surface area contributed by atoms with Gasteiger partial charge in [-0.1, -0.05) is 0 Å². The zero-order valence-corrected chi connectivity index (χ0v) is 11.8. The van der Waals surface area contributed by atoms with Crippen LogP contribution in [0.5, 0.6) is 0 Å². The fourth-order valence-corrected chi connectivity index (χ4v) is 2.70. The number of nitrogens with zero attached hydrogens (tertiary/aromatic N) is 2. The van der Waals surface area contributed by atoms with Crippen molar-refractivity contribution in [2.45, 2.75) is 37.8 Å². The van der Waals surface area contributed by atoms with Crippen LogP contribution in [-0.4, -0.2) is 70.9 Å². The minimum absolute atomic E-state index is 0.0109. The second-order valence-electron chi connectivity index (χ2n) is 5.18. The second kappa shape index (κ2) is 6.21. The standard InChI is InChI=1S/C13H18N2O6/c1-21-8-6-9(13(19)20)15(7-8)12(18)4-5-14-10(16)2-3-11(14)17/h8-9H,2-7H2,1H3,(H,19,20). The number of hydrogen-bond donors (Lipinski definition) is 1. The van der Waals surface area contributed by atoms with Gasteiger partial charge in [-0.05, 0) is 0 Å². The molecule has 0 spiro atoms. The molecule has 2 aliphatic heterocycles. The third-order valence-electron chi connectivity index (χ3n) is 3.91. The highest BCUT2D eigenvalue weighted by molar-refractivity contribution is 6.02. The predicted octanol–water partition coefficient (Wildman–Crippen LogP) is -0.774. The molecule has 0 aliphatic carbocycles. The molecule has 8 nitrogen and oxygen atoms in total. The van der Waals surface area contributed by atoms with Gasteiger partial charge in [-0.3, -0.25) is 19.3 Å². The van der Waals surface area contributed by atoms with Gasteiger partial charge in [0.25, 0.3) is 0 Å². The summed E-state index contributed by atoms with van der Waals surface area (Å²) in [4.78, 5) is 48.6. The Morgan fingerprint density at radius 3 is 2.43 bits per heavy atom. The van der Waals surface area contributed by atoms with E-state index in [-0.39, 0.29) is 62.6 Å². The van der Waals surface area contributed by atoms with Crippen LogP contribution in [0, 0.1) is 0 Å². The average Bonchev–Trinajstić information content (AvgIpc) is 3.01. The highest BCUT2D eigenvalue weighted by Gasteiger charge is 2.40. The van der Waals surface area contributed by atoms with E-state index in [2.05, 4.69) is 0 Å². The molecule has 2 aliphatic rings. The number of hydrogen-bond acceptors (Lipinski definition) is 5. The predicted molar refractivity (Wildman–Crippen MR) is 69.1 cm³/mol. The van der Waals surface area contributed by atoms with Crippen molar-refractivity contribution in [3.8, 4) is 0 Å². The highest BCUT2D eigenvalue weighted by atomic mass is 16.5. The van der Waals surface area contributed by atoms with Crippen LogP contribution in [0.25, 0.3) is 0 Å². The molecule has 2 heterocycles. The van der Waals surface area contributed by atoms with Crippen molar-refractivity contribution in [3.05, 3.63) is 0 Å². The molecular weight excluding hydrogens is 280 g/mol. The summed E-state index contributed by atoms with van der Waals surface area (Å²) in [6.45, 7) is 0.227. The number of rotatable bonds is 5. The number of carbonyl (C=O) groups is 4. The van der Waals surface area contributed by atoms with Gasteiger partial charge in [0.1, 0.15) is 6.04 Å². The average molecular weight is 298 g/mol. The third-order valence-corrected chi connectivity index (χ3v) is 3.91. The first-order valence-corrected chi connectivity index (χ1v) is 6.82. The monoisotopic (exact) mass is 298 g/mol. The van der Waals surface area contributed by atoms with Crippen LogP contribution in [0.2, 0.25) is 0 Å². The van der Waals surface area contributed by atoms with Crippen LogP contribution >= 0.6 is 0 Å². The van der Waals surface area contributed by atoms with Gasteiger partial charge in [-0.2, -0.15) is 0 Å². The van der Waals surface area contributed by atoms with E-state index in [0.717, 1.165) is 4.90 Å². The van der Waals surface area contributed by atoms with Gasteiger partial charge in [0.15, 0.2) is 0 Å². The molecule has 0 aromatic rings. The molecule has 0 aromatic heterocycles. The SMILES string of the molecule is COC1CC(C(=O)O)N(C(=O)CCN2C(=O)CCC2=O)C1. The number of ether oxygens (including phenoxy) is 1. The maximum Gasteiger partial charge on any atom is 0.326 e. The first-order chi connectivity index (χ1) is 9.93. The Morgan fingerprint density at radius 2 is 1.90 bits per heavy atom. The zero-order chi connectivity index (χ0) is 15.6. The molecule has 116 valence electrons. The Bertz CT molecular complexity index is 461. The van der Waals surface area contributed by atoms with Crippen molar-refractivity contribution in [2.75, 3.05) is 20.2 Å². The lowest BCUT2D eigenvalue weighted by atomic mass is 10.2. The first-order valence-electron chi connectivity index (χ1n) is 6.82. The fraction of sp³-hybridized carbons (Fsp3) is 0.692. The summed E-state index contributed by atoms with van der Waals surface area (Å²) in [5, 5.41) is 9.14. The van der Waals surface area contributed by atoms with E-state index in [0.29, 0.717) is 0 Å². The summed E-state index contributed by atoms with van der Waals surface area (Å²) < 4.78 is 5.11. The van der Waals surface area contributed by atoms with E-state index in [1.807, 2.05) is 0 Å². The number of amides is 3. The lowest BCUT2D eigenvalue weighted by Crippen LogP contribution is -2.42. The van der Waals surface area contributed by atoms with E-state index in [1.54, 1.807) is 0 Å². The van der Waals surface area contributed by atoms with E-state index >= 15 is 0 Å². The molecule has 3 amide bonds. The van der Waals surface area contributed by atoms with Crippen molar-refractivity contribution in [1.29, 1.82) is 0 Å². The van der Waals surface area contributed by atoms with E-state index in [1.165, 1.54) is 12.0 Å². The summed E-state index contributed by atoms with van der Waals surface area (Å²) in [6.07, 6.45) is 0.252. The van der Waals surface area contributed by atoms with Crippen molar-refractivity contribution < 1.29 is 29.0 Å². The maximum absolute atomic E-state index is 12.1. The minimum atomic E-state index is -1.07. The molecule has 2 atom stereocenters. The topological polar surface area (TPSA) is 104 Å². The van der Waals surface area contributed by atoms with Crippen LogP contribution in [-0.2, 0) is 23.9 Å². The van der Waals surface area contributed by atoms with Crippen molar-refractivity contribution in [1.82, 2.24) is 9.80 Å². The number of carboxylic acid groups (broad SMARTS) is 1. The lowest BCUT2D eigenvalue weighted by molar-refractivity contribution is -0.149. The molecule has 2 saturated heterocycles. The van der Waals surface area contributed by atoms with Crippen LogP contribution in [0.3, 0.4) is 0 Å². The molecule has 0 saturated carbocycles. The Labute approximate surface area is 121 Å². The molecule has 0 aromatic carbocycles. The number of carboxylic acids is 1. The molecule has 2 unspecified atom stereocenters. The highest BCUT2D eigenvalue weighted by Crippen LogP contribution is 2.21. The van der Waals surface area contributed by atoms with Crippen molar-refractivity contribution in [2.24, 2.45) is 0 Å². The molecule has 2 fully saturated rings. The number of imide groups is 1. The number of likely N-dealkylation sites (tertiary alicyclic amines) is 2. The molecule has 0 radical (unpaired) electrons. The maximum atomic E-state index is 12.1. The Hall–Kier alpha value is -1.96. The summed E-state index contributed by atoms with van der Waals surface area (Å²) in [5.41, 5.74) is 0. The fourth-order valence-electron chi connectivity index (χ4n) is 2.70. The first kappa shape index (κ1) is 15.4. The molecule has 21 heavy (non-hydrogen) atoms. The quantitative estimate of drug-likeness (QED) is 0.668. The van der Waals surface area contributed by atoms with Gasteiger partial charge in [0.2, 0.25) is 17.7 Å². The smallest absolute Gasteiger partial charge is 0.326 e. The minimum Gasteiger partial charge on any atom is -0.480 e. The van der Waals surface area contributed by atoms with Gasteiger partial charge in [-0.15, -0.1) is 0 Å². The van der Waals surface area contributed by atoms with E-state index in [4.69, 9.17) is 9.84 Å². The Morgan fingerprint density at radius 1 is 1.29 bits per heavy atom. The van der Waals surface area contributed by atoms with Crippen molar-refractivity contribution >= 4 is 23.7 Å². The summed E-state index contributed by atoms with van der Waals surface area (Å²) in [7, 11) is 1.47. The molecule has 0 bridgehead atoms. The molecular formula is C13H18N2O6. The second-order valence-corrected chi connectivity index (χ2v) is 5.18. The number of carbonyl (C=O) groups excluding carboxylic acids is 3. The summed E-state index contributed by atoms with van der Waals surface area (Å²) in [5.74, 6) is -2.01. The van der Waals surface area contributed by atoms with Crippen LogP contribution < -0.4 is 0 Å². The molecule has 2 rings (SSSR count). The molecule has 8 heteroatoms. The van der Waals surface area contributed by atoms with E-state index in [9.17, 15) is 19.2 Å². The van der Waals surface area contributed by atoms with Crippen LogP contribution in [0.15, 0.2) is 0 Å². The van der Waals surface area contributed by atoms with Gasteiger partial charge < -0.3 is 14.7 Å². The van der Waals surface area contributed by atoms with Crippen LogP contribution in [0.1, 0.15) is 25.7 Å². The number of methoxy groups -OCH3 is 1. The van der Waals surface area contributed by atoms with E-state index < -0.39 is 12.0 Å². The third kappa shape index (κ3) is 3.21. The zero-order valence-electron chi connectivity index (χ0n) is 11.8. The number of aliphatic carboxylic acids is 1. The van der Waals surface area contributed by atoms with Gasteiger partial charge in [-0.25, -0.2) is 4.79 Å². The Kier molecular flexibility index (Phi) is 4.56. The van der Waals surface area contributed by atoms with Crippen molar-refractivity contribution in [3.63, 3.8) is 0 Å². The molecule has 1 N–H and O–H groups in total. The normalized spacial score (nSPS) is 25.8. The summed E-state index contributed by atoms with van der Waals surface area (Å²) in [6, 6.07) is -0.910. The van der Waals surface area contributed by atoms with Gasteiger partial charge in [0, 0.05) is 45.9 Å². The van der Waals surface area contributed by atoms with Gasteiger partial charge in [0.05, 0.1) is 6.10 Å². The summed E-state index contributed by atoms with van der Waals surface area (Å²) >= 11 is 0. The lowest BCUT2D eigenvalue weighted by Gasteiger charge is -2.22. The largest absolute Gasteiger partial charge is 0.480 e.